The number of aliphatic hydroxyl groups is 1. The minimum absolute atomic E-state index is 0.394. The highest BCUT2D eigenvalue weighted by atomic mass is 16.3. The molecule has 0 aromatic heterocycles. The van der Waals surface area contributed by atoms with Crippen LogP contribution in [0.4, 0.5) is 0 Å². The van der Waals surface area contributed by atoms with E-state index in [9.17, 15) is 5.11 Å². The first-order chi connectivity index (χ1) is 7.72. The van der Waals surface area contributed by atoms with Crippen LogP contribution in [0.1, 0.15) is 44.9 Å². The van der Waals surface area contributed by atoms with Crippen molar-refractivity contribution in [1.29, 1.82) is 0 Å². The standard InChI is InChI=1S/C13H26N2O/c14-9-12-5-4-8-15(10-12)11-13(16)6-2-1-3-7-13/h12,16H,1-11,14H2. The maximum atomic E-state index is 10.5. The third-order valence-corrected chi connectivity index (χ3v) is 4.24. The first-order valence-electron chi connectivity index (χ1n) is 6.87. The second-order valence-electron chi connectivity index (χ2n) is 5.76. The minimum atomic E-state index is -0.394. The summed E-state index contributed by atoms with van der Waals surface area (Å²) >= 11 is 0. The Kier molecular flexibility index (Phi) is 4.22. The minimum Gasteiger partial charge on any atom is -0.389 e. The molecule has 2 fully saturated rings. The summed E-state index contributed by atoms with van der Waals surface area (Å²) in [6.45, 7) is 3.93. The Balaban J connectivity index is 1.83. The molecule has 0 radical (unpaired) electrons. The van der Waals surface area contributed by atoms with Gasteiger partial charge in [0.2, 0.25) is 0 Å². The molecule has 1 aliphatic carbocycles. The fourth-order valence-electron chi connectivity index (χ4n) is 3.27. The van der Waals surface area contributed by atoms with Crippen LogP contribution in [-0.2, 0) is 0 Å². The summed E-state index contributed by atoms with van der Waals surface area (Å²) in [6, 6.07) is 0. The van der Waals surface area contributed by atoms with E-state index in [2.05, 4.69) is 4.90 Å². The van der Waals surface area contributed by atoms with Crippen molar-refractivity contribution < 1.29 is 5.11 Å². The van der Waals surface area contributed by atoms with Gasteiger partial charge in [-0.3, -0.25) is 0 Å². The van der Waals surface area contributed by atoms with Gasteiger partial charge in [-0.2, -0.15) is 0 Å². The van der Waals surface area contributed by atoms with Crippen LogP contribution in [0.25, 0.3) is 0 Å². The van der Waals surface area contributed by atoms with Crippen LogP contribution in [0.3, 0.4) is 0 Å². The highest BCUT2D eigenvalue weighted by Gasteiger charge is 2.32. The summed E-state index contributed by atoms with van der Waals surface area (Å²) in [4.78, 5) is 2.44. The zero-order valence-electron chi connectivity index (χ0n) is 10.3. The van der Waals surface area contributed by atoms with Crippen molar-refractivity contribution in [2.75, 3.05) is 26.2 Å². The number of piperidine rings is 1. The summed E-state index contributed by atoms with van der Waals surface area (Å²) in [5, 5.41) is 10.5. The maximum absolute atomic E-state index is 10.5. The predicted molar refractivity (Wildman–Crippen MR) is 66.3 cm³/mol. The molecule has 0 spiro atoms. The molecule has 3 nitrogen and oxygen atoms in total. The first kappa shape index (κ1) is 12.3. The van der Waals surface area contributed by atoms with Gasteiger partial charge in [-0.1, -0.05) is 19.3 Å². The third-order valence-electron chi connectivity index (χ3n) is 4.24. The predicted octanol–water partition coefficient (Wildman–Crippen LogP) is 1.35. The van der Waals surface area contributed by atoms with Crippen molar-refractivity contribution in [3.8, 4) is 0 Å². The monoisotopic (exact) mass is 226 g/mol. The molecule has 0 aromatic carbocycles. The van der Waals surface area contributed by atoms with Crippen LogP contribution < -0.4 is 5.73 Å². The van der Waals surface area contributed by atoms with E-state index >= 15 is 0 Å². The van der Waals surface area contributed by atoms with E-state index in [-0.39, 0.29) is 0 Å². The Morgan fingerprint density at radius 3 is 2.62 bits per heavy atom. The van der Waals surface area contributed by atoms with Gasteiger partial charge in [0, 0.05) is 13.1 Å². The molecule has 1 saturated heterocycles. The molecule has 0 aromatic rings. The molecule has 1 atom stereocenters. The normalized spacial score (nSPS) is 31.5. The van der Waals surface area contributed by atoms with Crippen molar-refractivity contribution >= 4 is 0 Å². The van der Waals surface area contributed by atoms with Crippen LogP contribution in [0.5, 0.6) is 0 Å². The Bertz CT molecular complexity index is 214. The molecule has 0 bridgehead atoms. The highest BCUT2D eigenvalue weighted by Crippen LogP contribution is 2.30. The Hall–Kier alpha value is -0.120. The number of rotatable bonds is 3. The number of nitrogens with zero attached hydrogens (tertiary/aromatic N) is 1. The fraction of sp³-hybridized carbons (Fsp3) is 1.00. The summed E-state index contributed by atoms with van der Waals surface area (Å²) in [5.74, 6) is 0.654. The zero-order chi connectivity index (χ0) is 11.4. The molecule has 0 amide bonds. The van der Waals surface area contributed by atoms with Crippen molar-refractivity contribution in [2.45, 2.75) is 50.5 Å². The summed E-state index contributed by atoms with van der Waals surface area (Å²) in [6.07, 6.45) is 8.21. The quantitative estimate of drug-likeness (QED) is 0.764. The Morgan fingerprint density at radius 1 is 1.19 bits per heavy atom. The number of likely N-dealkylation sites (tertiary alicyclic amines) is 1. The largest absolute Gasteiger partial charge is 0.389 e. The van der Waals surface area contributed by atoms with Crippen molar-refractivity contribution in [2.24, 2.45) is 11.7 Å². The highest BCUT2D eigenvalue weighted by molar-refractivity contribution is 4.87. The Morgan fingerprint density at radius 2 is 1.94 bits per heavy atom. The van der Waals surface area contributed by atoms with Gasteiger partial charge in [0.1, 0.15) is 0 Å². The van der Waals surface area contributed by atoms with E-state index in [1.807, 2.05) is 0 Å². The average Bonchev–Trinajstić information content (AvgIpc) is 2.29. The van der Waals surface area contributed by atoms with E-state index < -0.39 is 5.60 Å². The molecule has 94 valence electrons. The van der Waals surface area contributed by atoms with Gasteiger partial charge in [-0.15, -0.1) is 0 Å². The molecule has 2 rings (SSSR count). The molecule has 1 aliphatic heterocycles. The van der Waals surface area contributed by atoms with Crippen LogP contribution >= 0.6 is 0 Å². The van der Waals surface area contributed by atoms with Gasteiger partial charge in [0.15, 0.2) is 0 Å². The van der Waals surface area contributed by atoms with Crippen molar-refractivity contribution in [1.82, 2.24) is 4.90 Å². The second-order valence-corrected chi connectivity index (χ2v) is 5.76. The molecule has 1 saturated carbocycles. The molecular formula is C13H26N2O. The van der Waals surface area contributed by atoms with Crippen molar-refractivity contribution in [3.63, 3.8) is 0 Å². The maximum Gasteiger partial charge on any atom is 0.0774 e. The molecule has 3 heteroatoms. The lowest BCUT2D eigenvalue weighted by Crippen LogP contribution is -2.48. The molecule has 3 N–H and O–H groups in total. The topological polar surface area (TPSA) is 49.5 Å². The molecule has 2 aliphatic rings. The van der Waals surface area contributed by atoms with Gasteiger partial charge in [0.25, 0.3) is 0 Å². The second kappa shape index (κ2) is 5.48. The number of nitrogens with two attached hydrogens (primary N) is 1. The van der Waals surface area contributed by atoms with E-state index in [0.717, 1.165) is 39.0 Å². The zero-order valence-corrected chi connectivity index (χ0v) is 10.3. The SMILES string of the molecule is NCC1CCCN(CC2(O)CCCCC2)C1. The third kappa shape index (κ3) is 3.19. The lowest BCUT2D eigenvalue weighted by molar-refractivity contribution is -0.0339. The average molecular weight is 226 g/mol. The summed E-state index contributed by atoms with van der Waals surface area (Å²) in [7, 11) is 0. The van der Waals surface area contributed by atoms with Crippen LogP contribution in [-0.4, -0.2) is 41.8 Å². The smallest absolute Gasteiger partial charge is 0.0774 e. The first-order valence-corrected chi connectivity index (χ1v) is 6.87. The van der Waals surface area contributed by atoms with Crippen LogP contribution in [0.2, 0.25) is 0 Å². The molecule has 16 heavy (non-hydrogen) atoms. The van der Waals surface area contributed by atoms with Crippen LogP contribution in [0.15, 0.2) is 0 Å². The number of hydrogen-bond acceptors (Lipinski definition) is 3. The van der Waals surface area contributed by atoms with E-state index in [1.165, 1.54) is 32.1 Å². The summed E-state index contributed by atoms with van der Waals surface area (Å²) < 4.78 is 0. The lowest BCUT2D eigenvalue weighted by atomic mass is 9.84. The van der Waals surface area contributed by atoms with Gasteiger partial charge in [0.05, 0.1) is 5.60 Å². The van der Waals surface area contributed by atoms with Crippen molar-refractivity contribution in [3.05, 3.63) is 0 Å². The van der Waals surface area contributed by atoms with Crippen LogP contribution in [0, 0.1) is 5.92 Å². The van der Waals surface area contributed by atoms with Gasteiger partial charge < -0.3 is 15.7 Å². The molecular weight excluding hydrogens is 200 g/mol. The number of β-amino-alcohol motifs (C(OH)–C–C–N with tert-alkyl or cyclic N) is 1. The molecule has 1 heterocycles. The number of hydrogen-bond donors (Lipinski definition) is 2. The van der Waals surface area contributed by atoms with E-state index in [1.54, 1.807) is 0 Å². The molecule has 1 unspecified atom stereocenters. The van der Waals surface area contributed by atoms with Gasteiger partial charge >= 0.3 is 0 Å². The van der Waals surface area contributed by atoms with Gasteiger partial charge in [-0.25, -0.2) is 0 Å². The lowest BCUT2D eigenvalue weighted by Gasteiger charge is -2.40. The van der Waals surface area contributed by atoms with E-state index in [4.69, 9.17) is 5.73 Å². The van der Waals surface area contributed by atoms with Gasteiger partial charge in [-0.05, 0) is 44.7 Å². The van der Waals surface area contributed by atoms with E-state index in [0.29, 0.717) is 5.92 Å². The Labute approximate surface area is 99.0 Å². The fourth-order valence-corrected chi connectivity index (χ4v) is 3.27. The summed E-state index contributed by atoms with van der Waals surface area (Å²) in [5.41, 5.74) is 5.35.